The van der Waals surface area contributed by atoms with Crippen molar-refractivity contribution in [2.75, 3.05) is 0 Å². The Balaban J connectivity index is 3.35. The van der Waals surface area contributed by atoms with Crippen molar-refractivity contribution in [3.05, 3.63) is 5.21 Å². The van der Waals surface area contributed by atoms with E-state index >= 15 is 0 Å². The molecule has 1 unspecified atom stereocenters. The highest BCUT2D eigenvalue weighted by atomic mass is 17.1. The number of rotatable bonds is 16. The van der Waals surface area contributed by atoms with Crippen LogP contribution >= 0.6 is 0 Å². The third kappa shape index (κ3) is 13.5. The van der Waals surface area contributed by atoms with Gasteiger partial charge in [-0.1, -0.05) is 95.9 Å². The van der Waals surface area contributed by atoms with E-state index in [1.807, 2.05) is 6.92 Å². The third-order valence-electron chi connectivity index (χ3n) is 4.49. The summed E-state index contributed by atoms with van der Waals surface area (Å²) in [5.41, 5.74) is 0. The van der Waals surface area contributed by atoms with E-state index in [4.69, 9.17) is 10.4 Å². The van der Waals surface area contributed by atoms with Crippen molar-refractivity contribution in [3.63, 3.8) is 0 Å². The normalized spacial score (nSPS) is 13.5. The first-order valence-electron chi connectivity index (χ1n) is 9.57. The summed E-state index contributed by atoms with van der Waals surface area (Å²) in [7, 11) is 0. The van der Waals surface area contributed by atoms with Crippen LogP contribution in [0.5, 0.6) is 0 Å². The Bertz CT molecular complexity index is 229. The molecule has 4 heteroatoms. The molecular formula is C18H39NO3. The molecule has 0 rings (SSSR count). The second-order valence-corrected chi connectivity index (χ2v) is 6.71. The van der Waals surface area contributed by atoms with Crippen LogP contribution in [-0.4, -0.2) is 21.4 Å². The lowest BCUT2D eigenvalue weighted by Gasteiger charge is -2.32. The highest BCUT2D eigenvalue weighted by Gasteiger charge is 2.24. The van der Waals surface area contributed by atoms with Crippen LogP contribution in [0, 0.1) is 5.21 Å². The zero-order valence-electron chi connectivity index (χ0n) is 14.9. The first kappa shape index (κ1) is 21.8. The molecule has 0 bridgehead atoms. The highest BCUT2D eigenvalue weighted by Crippen LogP contribution is 2.19. The minimum Gasteiger partial charge on any atom is -0.564 e. The molecule has 0 aliphatic heterocycles. The zero-order valence-corrected chi connectivity index (χ0v) is 14.9. The number of unbranched alkanes of at least 4 members (excludes halogenated alkanes) is 11. The maximum Gasteiger partial charge on any atom is 0.152 e. The molecule has 0 aliphatic carbocycles. The average molecular weight is 318 g/mol. The van der Waals surface area contributed by atoms with Gasteiger partial charge in [-0.25, -0.2) is 0 Å². The van der Waals surface area contributed by atoms with Crippen LogP contribution in [0.25, 0.3) is 0 Å². The summed E-state index contributed by atoms with van der Waals surface area (Å²) in [4.78, 5) is -2.11. The van der Waals surface area contributed by atoms with E-state index < -0.39 is 11.0 Å². The van der Waals surface area contributed by atoms with Gasteiger partial charge in [0, 0.05) is 12.8 Å². The Morgan fingerprint density at radius 3 is 1.41 bits per heavy atom. The smallest absolute Gasteiger partial charge is 0.152 e. The Morgan fingerprint density at radius 2 is 1.05 bits per heavy atom. The van der Waals surface area contributed by atoms with Gasteiger partial charge in [0.25, 0.3) is 0 Å². The van der Waals surface area contributed by atoms with E-state index in [1.54, 1.807) is 0 Å². The van der Waals surface area contributed by atoms with Gasteiger partial charge in [0.05, 0.1) is 0 Å². The fourth-order valence-corrected chi connectivity index (χ4v) is 3.03. The first-order chi connectivity index (χ1) is 10.5. The second kappa shape index (κ2) is 14.4. The van der Waals surface area contributed by atoms with Crippen molar-refractivity contribution in [3.8, 4) is 0 Å². The van der Waals surface area contributed by atoms with E-state index in [2.05, 4.69) is 6.92 Å². The Kier molecular flexibility index (Phi) is 14.3. The third-order valence-corrected chi connectivity index (χ3v) is 4.49. The molecule has 0 radical (unpaired) electrons. The van der Waals surface area contributed by atoms with Crippen molar-refractivity contribution in [1.29, 1.82) is 0 Å². The lowest BCUT2D eigenvalue weighted by atomic mass is 10.0. The molecule has 4 nitrogen and oxygen atoms in total. The molecule has 0 aromatic heterocycles. The number of hydrogen-bond acceptors (Lipinski definition) is 3. The van der Waals surface area contributed by atoms with Crippen molar-refractivity contribution in [2.45, 2.75) is 116 Å². The Morgan fingerprint density at radius 1 is 0.636 bits per heavy atom. The quantitative estimate of drug-likeness (QED) is 0.198. The number of hydroxylamine groups is 3. The van der Waals surface area contributed by atoms with Gasteiger partial charge in [-0.05, 0) is 6.42 Å². The molecule has 0 aromatic carbocycles. The lowest BCUT2D eigenvalue weighted by molar-refractivity contribution is -1.23. The van der Waals surface area contributed by atoms with Crippen molar-refractivity contribution >= 4 is 0 Å². The van der Waals surface area contributed by atoms with Crippen LogP contribution in [0.4, 0.5) is 0 Å². The summed E-state index contributed by atoms with van der Waals surface area (Å²) in [5, 5.41) is 29.4. The van der Waals surface area contributed by atoms with Crippen LogP contribution in [0.3, 0.4) is 0 Å². The molecule has 1 atom stereocenters. The molecule has 0 saturated carbocycles. The van der Waals surface area contributed by atoms with Gasteiger partial charge in [0.2, 0.25) is 0 Å². The Labute approximate surface area is 137 Å². The predicted octanol–water partition coefficient (Wildman–Crippen LogP) is 6.34. The average Bonchev–Trinajstić information content (AvgIpc) is 2.46. The van der Waals surface area contributed by atoms with E-state index in [9.17, 15) is 5.21 Å². The van der Waals surface area contributed by atoms with E-state index in [0.29, 0.717) is 12.8 Å². The van der Waals surface area contributed by atoms with Crippen LogP contribution in [0.2, 0.25) is 0 Å². The molecule has 0 amide bonds. The van der Waals surface area contributed by atoms with Crippen molar-refractivity contribution in [2.24, 2.45) is 0 Å². The zero-order chi connectivity index (χ0) is 16.7. The maximum atomic E-state index is 11.2. The summed E-state index contributed by atoms with van der Waals surface area (Å²) in [5.74, 6) is 0. The predicted molar refractivity (Wildman–Crippen MR) is 91.6 cm³/mol. The fraction of sp³-hybridized carbons (Fsp3) is 1.00. The number of nitrogens with zero attached hydrogens (tertiary/aromatic N) is 1. The van der Waals surface area contributed by atoms with Crippen LogP contribution in [0.15, 0.2) is 0 Å². The molecule has 134 valence electrons. The summed E-state index contributed by atoms with van der Waals surface area (Å²) >= 11 is 0. The molecule has 0 aliphatic rings. The van der Waals surface area contributed by atoms with Crippen LogP contribution in [-0.2, 0) is 0 Å². The van der Waals surface area contributed by atoms with Gasteiger partial charge < -0.3 is 5.21 Å². The molecule has 2 N–H and O–H groups in total. The van der Waals surface area contributed by atoms with Gasteiger partial charge in [0.1, 0.15) is 0 Å². The second-order valence-electron chi connectivity index (χ2n) is 6.71. The minimum atomic E-state index is -2.11. The van der Waals surface area contributed by atoms with E-state index in [1.165, 1.54) is 64.2 Å². The van der Waals surface area contributed by atoms with Gasteiger partial charge >= 0.3 is 0 Å². The summed E-state index contributed by atoms with van der Waals surface area (Å²) in [6.45, 7) is 4.21. The van der Waals surface area contributed by atoms with Gasteiger partial charge in [-0.15, -0.1) is 0 Å². The minimum absolute atomic E-state index is 0.576. The molecular weight excluding hydrogens is 278 g/mol. The van der Waals surface area contributed by atoms with Gasteiger partial charge in [0.15, 0.2) is 6.04 Å². The fourth-order valence-electron chi connectivity index (χ4n) is 3.03. The molecule has 0 fully saturated rings. The summed E-state index contributed by atoms with van der Waals surface area (Å²) in [6.07, 6.45) is 17.4. The highest BCUT2D eigenvalue weighted by molar-refractivity contribution is 4.57. The van der Waals surface area contributed by atoms with Crippen LogP contribution in [0.1, 0.15) is 110 Å². The van der Waals surface area contributed by atoms with Crippen molar-refractivity contribution < 1.29 is 15.4 Å². The monoisotopic (exact) mass is 317 g/mol. The Hall–Kier alpha value is -0.160. The maximum absolute atomic E-state index is 11.2. The standard InChI is InChI=1S/C18H39NO3/c1-3-5-6-7-8-9-10-11-12-13-14-15-17-18(16-4-2)19(20,21)22/h18,20-21H,3-17H2,1-2H3. The summed E-state index contributed by atoms with van der Waals surface area (Å²) < 4.78 is 0. The van der Waals surface area contributed by atoms with Crippen LogP contribution < -0.4 is 0 Å². The van der Waals surface area contributed by atoms with E-state index in [0.717, 1.165) is 19.3 Å². The topological polar surface area (TPSA) is 63.5 Å². The lowest BCUT2D eigenvalue weighted by Crippen LogP contribution is -2.44. The SMILES string of the molecule is CCCCCCCCCCCCCCC(CCC)[N+]([O-])(O)O. The molecule has 0 aromatic rings. The molecule has 0 spiro atoms. The van der Waals surface area contributed by atoms with Gasteiger partial charge in [-0.3, -0.25) is 0 Å². The number of hydrogen-bond donors (Lipinski definition) is 2. The molecule has 22 heavy (non-hydrogen) atoms. The number of quaternary nitrogens is 1. The van der Waals surface area contributed by atoms with Gasteiger partial charge in [-0.2, -0.15) is 10.4 Å². The first-order valence-corrected chi connectivity index (χ1v) is 9.57. The molecule has 0 heterocycles. The van der Waals surface area contributed by atoms with Crippen molar-refractivity contribution in [1.82, 2.24) is 0 Å². The van der Waals surface area contributed by atoms with E-state index in [-0.39, 0.29) is 0 Å². The molecule has 0 saturated heterocycles. The largest absolute Gasteiger partial charge is 0.564 e. The summed E-state index contributed by atoms with van der Waals surface area (Å²) in [6, 6.07) is -0.576.